The van der Waals surface area contributed by atoms with Gasteiger partial charge in [0.15, 0.2) is 0 Å². The van der Waals surface area contributed by atoms with E-state index < -0.39 is 0 Å². The van der Waals surface area contributed by atoms with E-state index in [1.54, 1.807) is 24.3 Å². The number of carbonyl (C=O) groups is 2. The molecule has 0 saturated heterocycles. The van der Waals surface area contributed by atoms with Gasteiger partial charge in [0.05, 0.1) is 46.6 Å². The summed E-state index contributed by atoms with van der Waals surface area (Å²) in [6.07, 6.45) is 8.47. The van der Waals surface area contributed by atoms with Crippen molar-refractivity contribution in [3.05, 3.63) is 85.8 Å². The molecule has 3 N–H and O–H groups in total. The van der Waals surface area contributed by atoms with Gasteiger partial charge in [-0.25, -0.2) is 4.79 Å². The summed E-state index contributed by atoms with van der Waals surface area (Å²) in [5, 5.41) is 4.22. The molecular formula is C35H42BrCl2N3O4. The molecule has 242 valence electrons. The number of hydrogen-bond acceptors (Lipinski definition) is 7. The summed E-state index contributed by atoms with van der Waals surface area (Å²) in [4.78, 5) is 27.9. The summed E-state index contributed by atoms with van der Waals surface area (Å²) in [7, 11) is 0. The molecule has 10 heteroatoms. The van der Waals surface area contributed by atoms with E-state index in [1.165, 1.54) is 32.1 Å². The molecule has 1 fully saturated rings. The standard InChI is InChI=1S/C35H42BrCl2N3O4/c1-2-41(27-13-5-3-6-14-27)23-26-20-25(21-28(36)33(26)39)35(43)45-19-10-4-9-18-44-32(42)22-24-12-7-8-17-31(24)40-34-29(37)15-11-16-30(34)38/h7-8,11-12,15-17,20-21,27,40H,2-6,9-10,13-14,18-19,22-23,39H2,1H3. The SMILES string of the molecule is CCN(Cc1cc(C(=O)OCCCCCOC(=O)Cc2ccccc2Nc2c(Cl)cccc2Cl)cc(Br)c1N)C1CCCCC1. The van der Waals surface area contributed by atoms with Crippen LogP contribution < -0.4 is 11.1 Å². The molecule has 1 aliphatic carbocycles. The van der Waals surface area contributed by atoms with Crippen molar-refractivity contribution >= 4 is 68.1 Å². The third-order valence-corrected chi connectivity index (χ3v) is 9.47. The van der Waals surface area contributed by atoms with Gasteiger partial charge < -0.3 is 20.5 Å². The second kappa shape index (κ2) is 17.8. The first-order valence-corrected chi connectivity index (χ1v) is 17.2. The molecule has 0 bridgehead atoms. The zero-order chi connectivity index (χ0) is 32.2. The molecule has 0 atom stereocenters. The van der Waals surface area contributed by atoms with Crippen LogP contribution in [0.3, 0.4) is 0 Å². The Morgan fingerprint density at radius 1 is 0.933 bits per heavy atom. The van der Waals surface area contributed by atoms with Gasteiger partial charge in [-0.2, -0.15) is 0 Å². The van der Waals surface area contributed by atoms with Gasteiger partial charge in [0.1, 0.15) is 0 Å². The van der Waals surface area contributed by atoms with Crippen LogP contribution in [0.25, 0.3) is 0 Å². The predicted molar refractivity (Wildman–Crippen MR) is 186 cm³/mol. The minimum atomic E-state index is -0.366. The van der Waals surface area contributed by atoms with Gasteiger partial charge in [-0.1, -0.05) is 73.7 Å². The Morgan fingerprint density at radius 3 is 2.33 bits per heavy atom. The van der Waals surface area contributed by atoms with Crippen molar-refractivity contribution in [1.82, 2.24) is 4.90 Å². The molecule has 45 heavy (non-hydrogen) atoms. The molecule has 1 saturated carbocycles. The molecule has 0 heterocycles. The number of nitrogen functional groups attached to an aromatic ring is 1. The third kappa shape index (κ3) is 10.4. The van der Waals surface area contributed by atoms with Crippen molar-refractivity contribution in [3.63, 3.8) is 0 Å². The van der Waals surface area contributed by atoms with E-state index >= 15 is 0 Å². The maximum atomic E-state index is 12.9. The summed E-state index contributed by atoms with van der Waals surface area (Å²) >= 11 is 16.1. The van der Waals surface area contributed by atoms with E-state index in [4.69, 9.17) is 38.4 Å². The van der Waals surface area contributed by atoms with Crippen molar-refractivity contribution in [2.45, 2.75) is 77.3 Å². The number of nitrogens with one attached hydrogen (secondary N) is 1. The Hall–Kier alpha value is -2.78. The number of unbranched alkanes of at least 4 members (excludes halogenated alkanes) is 2. The zero-order valence-electron chi connectivity index (χ0n) is 25.8. The van der Waals surface area contributed by atoms with E-state index in [2.05, 4.69) is 33.1 Å². The average molecular weight is 720 g/mol. The summed E-state index contributed by atoms with van der Waals surface area (Å²) in [5.74, 6) is -0.690. The van der Waals surface area contributed by atoms with E-state index in [9.17, 15) is 9.59 Å². The van der Waals surface area contributed by atoms with Gasteiger partial charge in [0.25, 0.3) is 0 Å². The molecule has 4 rings (SSSR count). The smallest absolute Gasteiger partial charge is 0.338 e. The van der Waals surface area contributed by atoms with Crippen LogP contribution in [0, 0.1) is 0 Å². The fraction of sp³-hybridized carbons (Fsp3) is 0.429. The van der Waals surface area contributed by atoms with Crippen LogP contribution in [0.4, 0.5) is 17.1 Å². The minimum Gasteiger partial charge on any atom is -0.465 e. The number of esters is 2. The van der Waals surface area contributed by atoms with Crippen LogP contribution in [0.1, 0.15) is 79.8 Å². The fourth-order valence-electron chi connectivity index (χ4n) is 5.66. The van der Waals surface area contributed by atoms with Crippen LogP contribution in [0.5, 0.6) is 0 Å². The van der Waals surface area contributed by atoms with Crippen molar-refractivity contribution in [1.29, 1.82) is 0 Å². The maximum absolute atomic E-state index is 12.9. The normalized spacial score (nSPS) is 13.5. The first-order chi connectivity index (χ1) is 21.8. The number of rotatable bonds is 15. The van der Waals surface area contributed by atoms with Crippen LogP contribution in [-0.2, 0) is 27.2 Å². The van der Waals surface area contributed by atoms with Crippen molar-refractivity contribution in [2.75, 3.05) is 30.8 Å². The Morgan fingerprint density at radius 2 is 1.62 bits per heavy atom. The Balaban J connectivity index is 1.18. The number of nitrogens with two attached hydrogens (primary N) is 1. The Bertz CT molecular complexity index is 1430. The van der Waals surface area contributed by atoms with Crippen LogP contribution >= 0.6 is 39.1 Å². The van der Waals surface area contributed by atoms with Gasteiger partial charge in [0, 0.05) is 22.7 Å². The number of benzene rings is 3. The van der Waals surface area contributed by atoms with Crippen molar-refractivity contribution in [2.24, 2.45) is 0 Å². The highest BCUT2D eigenvalue weighted by atomic mass is 79.9. The summed E-state index contributed by atoms with van der Waals surface area (Å²) in [6, 6.07) is 16.9. The predicted octanol–water partition coefficient (Wildman–Crippen LogP) is 9.35. The number of hydrogen-bond donors (Lipinski definition) is 2. The number of carbonyl (C=O) groups excluding carboxylic acids is 2. The lowest BCUT2D eigenvalue weighted by Gasteiger charge is -2.34. The molecule has 0 spiro atoms. The molecule has 3 aromatic carbocycles. The van der Waals surface area contributed by atoms with Gasteiger partial charge in [0.2, 0.25) is 0 Å². The molecule has 1 aliphatic rings. The van der Waals surface area contributed by atoms with Crippen LogP contribution in [-0.4, -0.2) is 42.6 Å². The zero-order valence-corrected chi connectivity index (χ0v) is 28.9. The highest BCUT2D eigenvalue weighted by Crippen LogP contribution is 2.34. The van der Waals surface area contributed by atoms with E-state index in [0.29, 0.717) is 63.5 Å². The molecular weight excluding hydrogens is 677 g/mol. The first kappa shape index (κ1) is 35.1. The number of para-hydroxylation sites is 2. The van der Waals surface area contributed by atoms with E-state index in [0.717, 1.165) is 29.8 Å². The molecule has 0 radical (unpaired) electrons. The van der Waals surface area contributed by atoms with Crippen molar-refractivity contribution < 1.29 is 19.1 Å². The van der Waals surface area contributed by atoms with Crippen LogP contribution in [0.15, 0.2) is 59.1 Å². The van der Waals surface area contributed by atoms with E-state index in [1.807, 2.05) is 30.3 Å². The Labute approximate surface area is 284 Å². The largest absolute Gasteiger partial charge is 0.465 e. The molecule has 0 unspecified atom stereocenters. The van der Waals surface area contributed by atoms with Gasteiger partial charge in [-0.05, 0) is 96.0 Å². The number of ether oxygens (including phenoxy) is 2. The molecule has 0 aliphatic heterocycles. The number of anilines is 3. The highest BCUT2D eigenvalue weighted by Gasteiger charge is 2.22. The van der Waals surface area contributed by atoms with Gasteiger partial charge >= 0.3 is 11.9 Å². The van der Waals surface area contributed by atoms with Crippen molar-refractivity contribution in [3.8, 4) is 0 Å². The lowest BCUT2D eigenvalue weighted by atomic mass is 9.93. The second-order valence-electron chi connectivity index (χ2n) is 11.4. The maximum Gasteiger partial charge on any atom is 0.338 e. The quantitative estimate of drug-likeness (QED) is 0.0919. The van der Waals surface area contributed by atoms with Crippen LogP contribution in [0.2, 0.25) is 10.0 Å². The second-order valence-corrected chi connectivity index (χ2v) is 13.0. The topological polar surface area (TPSA) is 93.9 Å². The lowest BCUT2D eigenvalue weighted by molar-refractivity contribution is -0.142. The van der Waals surface area contributed by atoms with Gasteiger partial charge in [-0.3, -0.25) is 9.69 Å². The highest BCUT2D eigenvalue weighted by molar-refractivity contribution is 9.10. The van der Waals surface area contributed by atoms with E-state index in [-0.39, 0.29) is 25.0 Å². The lowest BCUT2D eigenvalue weighted by Crippen LogP contribution is -2.36. The molecule has 7 nitrogen and oxygen atoms in total. The molecule has 0 aromatic heterocycles. The fourth-order valence-corrected chi connectivity index (χ4v) is 6.65. The monoisotopic (exact) mass is 717 g/mol. The molecule has 0 amide bonds. The summed E-state index contributed by atoms with van der Waals surface area (Å²) in [6.45, 7) is 4.41. The Kier molecular flexibility index (Phi) is 13.9. The third-order valence-electron chi connectivity index (χ3n) is 8.18. The van der Waals surface area contributed by atoms with Gasteiger partial charge in [-0.15, -0.1) is 0 Å². The summed E-state index contributed by atoms with van der Waals surface area (Å²) < 4.78 is 11.7. The molecule has 3 aromatic rings. The average Bonchev–Trinajstić information content (AvgIpc) is 3.04. The summed E-state index contributed by atoms with van der Waals surface area (Å²) in [5.41, 5.74) is 10.6. The minimum absolute atomic E-state index is 0.110. The number of halogens is 3. The number of nitrogens with zero attached hydrogens (tertiary/aromatic N) is 1. The first-order valence-electron chi connectivity index (χ1n) is 15.7.